The standard InChI is InChI=1S/C9H11FN2O.ClH/c10-7-4-5(11)3-6-8(12)1-2-13-9(6)7;/h3-4,8H,1-2,11-12H2;1H/t8-;/m0./s1. The second-order valence-electron chi connectivity index (χ2n) is 3.16. The summed E-state index contributed by atoms with van der Waals surface area (Å²) in [6, 6.07) is 2.75. The number of fused-ring (bicyclic) bond motifs is 1. The normalized spacial score (nSPS) is 19.1. The first-order chi connectivity index (χ1) is 6.18. The fourth-order valence-corrected chi connectivity index (χ4v) is 1.51. The Morgan fingerprint density at radius 1 is 1.43 bits per heavy atom. The van der Waals surface area contributed by atoms with Crippen LogP contribution < -0.4 is 16.2 Å². The number of halogens is 2. The Hall–Kier alpha value is -1.00. The molecule has 1 heterocycles. The van der Waals surface area contributed by atoms with Crippen molar-refractivity contribution in [2.75, 3.05) is 12.3 Å². The summed E-state index contributed by atoms with van der Waals surface area (Å²) in [6.07, 6.45) is 0.704. The Balaban J connectivity index is 0.000000980. The van der Waals surface area contributed by atoms with Crippen molar-refractivity contribution in [3.63, 3.8) is 0 Å². The summed E-state index contributed by atoms with van der Waals surface area (Å²) >= 11 is 0. The van der Waals surface area contributed by atoms with Crippen LogP contribution in [-0.2, 0) is 0 Å². The summed E-state index contributed by atoms with van der Waals surface area (Å²) in [4.78, 5) is 0. The molecule has 1 aliphatic rings. The van der Waals surface area contributed by atoms with E-state index in [9.17, 15) is 4.39 Å². The van der Waals surface area contributed by atoms with E-state index in [0.29, 0.717) is 24.3 Å². The van der Waals surface area contributed by atoms with E-state index in [-0.39, 0.29) is 24.2 Å². The lowest BCUT2D eigenvalue weighted by Crippen LogP contribution is -2.21. The van der Waals surface area contributed by atoms with Crippen LogP contribution in [-0.4, -0.2) is 6.61 Å². The molecule has 0 saturated heterocycles. The molecule has 78 valence electrons. The van der Waals surface area contributed by atoms with Crippen LogP contribution in [0.25, 0.3) is 0 Å². The van der Waals surface area contributed by atoms with Crippen LogP contribution in [0, 0.1) is 5.82 Å². The molecule has 0 saturated carbocycles. The van der Waals surface area contributed by atoms with Gasteiger partial charge in [-0.3, -0.25) is 0 Å². The maximum Gasteiger partial charge on any atom is 0.167 e. The van der Waals surface area contributed by atoms with Crippen LogP contribution in [0.4, 0.5) is 10.1 Å². The number of nitrogen functional groups attached to an aromatic ring is 1. The highest BCUT2D eigenvalue weighted by molar-refractivity contribution is 5.85. The molecular weight excluding hydrogens is 207 g/mol. The third-order valence-electron chi connectivity index (χ3n) is 2.17. The van der Waals surface area contributed by atoms with Crippen molar-refractivity contribution in [2.45, 2.75) is 12.5 Å². The maximum absolute atomic E-state index is 13.2. The lowest BCUT2D eigenvalue weighted by molar-refractivity contribution is 0.255. The van der Waals surface area contributed by atoms with Crippen LogP contribution in [0.3, 0.4) is 0 Å². The van der Waals surface area contributed by atoms with Gasteiger partial charge in [0.25, 0.3) is 0 Å². The van der Waals surface area contributed by atoms with Crippen LogP contribution in [0.5, 0.6) is 5.75 Å². The number of hydrogen-bond donors (Lipinski definition) is 2. The molecule has 1 atom stereocenters. The van der Waals surface area contributed by atoms with Gasteiger partial charge in [-0.15, -0.1) is 12.4 Å². The fraction of sp³-hybridized carbons (Fsp3) is 0.333. The summed E-state index contributed by atoms with van der Waals surface area (Å²) in [5, 5.41) is 0. The molecule has 4 N–H and O–H groups in total. The number of anilines is 1. The van der Waals surface area contributed by atoms with Crippen LogP contribution in [0.15, 0.2) is 12.1 Å². The first kappa shape index (κ1) is 11.1. The van der Waals surface area contributed by atoms with E-state index in [1.54, 1.807) is 6.07 Å². The van der Waals surface area contributed by atoms with Gasteiger partial charge in [-0.1, -0.05) is 0 Å². The molecule has 5 heteroatoms. The van der Waals surface area contributed by atoms with Crippen molar-refractivity contribution < 1.29 is 9.13 Å². The lowest BCUT2D eigenvalue weighted by atomic mass is 10.0. The van der Waals surface area contributed by atoms with Crippen molar-refractivity contribution in [3.05, 3.63) is 23.5 Å². The zero-order valence-electron chi connectivity index (χ0n) is 7.50. The van der Waals surface area contributed by atoms with Crippen molar-refractivity contribution in [1.82, 2.24) is 0 Å². The summed E-state index contributed by atoms with van der Waals surface area (Å²) in [5.41, 5.74) is 12.3. The van der Waals surface area contributed by atoms with Gasteiger partial charge in [-0.05, 0) is 6.07 Å². The molecule has 0 spiro atoms. The van der Waals surface area contributed by atoms with E-state index in [1.807, 2.05) is 0 Å². The minimum absolute atomic E-state index is 0. The second kappa shape index (κ2) is 4.02. The van der Waals surface area contributed by atoms with Gasteiger partial charge in [0, 0.05) is 29.8 Å². The fourth-order valence-electron chi connectivity index (χ4n) is 1.51. The zero-order chi connectivity index (χ0) is 9.42. The first-order valence-electron chi connectivity index (χ1n) is 4.16. The van der Waals surface area contributed by atoms with Crippen molar-refractivity contribution >= 4 is 18.1 Å². The Labute approximate surface area is 87.6 Å². The van der Waals surface area contributed by atoms with Crippen molar-refractivity contribution in [1.29, 1.82) is 0 Å². The Morgan fingerprint density at radius 2 is 2.14 bits per heavy atom. The van der Waals surface area contributed by atoms with E-state index in [4.69, 9.17) is 16.2 Å². The quantitative estimate of drug-likeness (QED) is 0.651. The topological polar surface area (TPSA) is 61.3 Å². The third kappa shape index (κ3) is 1.76. The second-order valence-corrected chi connectivity index (χ2v) is 3.16. The molecule has 1 aliphatic heterocycles. The highest BCUT2D eigenvalue weighted by Crippen LogP contribution is 2.34. The van der Waals surface area contributed by atoms with Gasteiger partial charge in [0.1, 0.15) is 0 Å². The Bertz CT molecular complexity index is 346. The number of benzene rings is 1. The molecule has 0 bridgehead atoms. The highest BCUT2D eigenvalue weighted by Gasteiger charge is 2.21. The summed E-state index contributed by atoms with van der Waals surface area (Å²) in [6.45, 7) is 0.467. The first-order valence-corrected chi connectivity index (χ1v) is 4.16. The molecule has 0 amide bonds. The zero-order valence-corrected chi connectivity index (χ0v) is 8.31. The van der Waals surface area contributed by atoms with Crippen molar-refractivity contribution in [3.8, 4) is 5.75 Å². The number of nitrogens with two attached hydrogens (primary N) is 2. The van der Waals surface area contributed by atoms with E-state index in [2.05, 4.69) is 0 Å². The van der Waals surface area contributed by atoms with Gasteiger partial charge < -0.3 is 16.2 Å². The minimum atomic E-state index is -0.426. The molecule has 0 aromatic heterocycles. The van der Waals surface area contributed by atoms with E-state index in [1.165, 1.54) is 6.07 Å². The van der Waals surface area contributed by atoms with Crippen molar-refractivity contribution in [2.24, 2.45) is 5.73 Å². The van der Waals surface area contributed by atoms with Gasteiger partial charge in [0.15, 0.2) is 11.6 Å². The molecule has 0 radical (unpaired) electrons. The maximum atomic E-state index is 13.2. The average molecular weight is 219 g/mol. The van der Waals surface area contributed by atoms with Gasteiger partial charge in [0.05, 0.1) is 6.61 Å². The molecule has 1 aromatic rings. The molecule has 0 unspecified atom stereocenters. The van der Waals surface area contributed by atoms with Crippen LogP contribution in [0.1, 0.15) is 18.0 Å². The third-order valence-corrected chi connectivity index (χ3v) is 2.17. The van der Waals surface area contributed by atoms with Crippen LogP contribution in [0.2, 0.25) is 0 Å². The smallest absolute Gasteiger partial charge is 0.167 e. The molecule has 0 aliphatic carbocycles. The molecule has 14 heavy (non-hydrogen) atoms. The Morgan fingerprint density at radius 3 is 2.86 bits per heavy atom. The van der Waals surface area contributed by atoms with Gasteiger partial charge in [-0.2, -0.15) is 0 Å². The largest absolute Gasteiger partial charge is 0.490 e. The predicted molar refractivity (Wildman–Crippen MR) is 55.1 cm³/mol. The summed E-state index contributed by atoms with van der Waals surface area (Å²) < 4.78 is 18.4. The van der Waals surface area contributed by atoms with E-state index in [0.717, 1.165) is 0 Å². The summed E-state index contributed by atoms with van der Waals surface area (Å²) in [5.74, 6) is -0.168. The molecule has 3 nitrogen and oxygen atoms in total. The number of ether oxygens (including phenoxy) is 1. The Kier molecular flexibility index (Phi) is 3.18. The van der Waals surface area contributed by atoms with Gasteiger partial charge in [-0.25, -0.2) is 4.39 Å². The predicted octanol–water partition coefficient (Wildman–Crippen LogP) is 1.61. The monoisotopic (exact) mass is 218 g/mol. The lowest BCUT2D eigenvalue weighted by Gasteiger charge is -2.23. The highest BCUT2D eigenvalue weighted by atomic mass is 35.5. The molecule has 2 rings (SSSR count). The molecule has 0 fully saturated rings. The summed E-state index contributed by atoms with van der Waals surface area (Å²) in [7, 11) is 0. The van der Waals surface area contributed by atoms with E-state index >= 15 is 0 Å². The van der Waals surface area contributed by atoms with Gasteiger partial charge >= 0.3 is 0 Å². The minimum Gasteiger partial charge on any atom is -0.490 e. The molecule has 1 aromatic carbocycles. The number of rotatable bonds is 0. The number of hydrogen-bond acceptors (Lipinski definition) is 3. The van der Waals surface area contributed by atoms with Crippen LogP contribution >= 0.6 is 12.4 Å². The average Bonchev–Trinajstić information content (AvgIpc) is 2.07. The van der Waals surface area contributed by atoms with Gasteiger partial charge in [0.2, 0.25) is 0 Å². The SMILES string of the molecule is Cl.Nc1cc(F)c2c(c1)[C@@H](N)CCO2. The molecular formula is C9H12ClFN2O. The van der Waals surface area contributed by atoms with E-state index < -0.39 is 5.82 Å².